The zero-order valence-electron chi connectivity index (χ0n) is 22.3. The normalized spacial score (nSPS) is 54.1. The van der Waals surface area contributed by atoms with Crippen LogP contribution in [0.3, 0.4) is 0 Å². The van der Waals surface area contributed by atoms with Gasteiger partial charge in [0, 0.05) is 0 Å². The molecule has 42 heavy (non-hydrogen) atoms. The quantitative estimate of drug-likeness (QED) is 0.120. The highest BCUT2D eigenvalue weighted by molar-refractivity contribution is 4.95. The van der Waals surface area contributed by atoms with Gasteiger partial charge in [-0.05, 0) is 6.92 Å². The van der Waals surface area contributed by atoms with Crippen molar-refractivity contribution in [3.05, 3.63) is 0 Å². The fourth-order valence-electron chi connectivity index (χ4n) is 5.06. The lowest BCUT2D eigenvalue weighted by atomic mass is 9.97. The van der Waals surface area contributed by atoms with Gasteiger partial charge in [-0.2, -0.15) is 0 Å². The molecule has 4 aliphatic rings. The van der Waals surface area contributed by atoms with E-state index < -0.39 is 137 Å². The van der Waals surface area contributed by atoms with Crippen molar-refractivity contribution in [2.75, 3.05) is 19.8 Å². The second kappa shape index (κ2) is 14.1. The van der Waals surface area contributed by atoms with Crippen molar-refractivity contribution in [3.8, 4) is 0 Å². The summed E-state index contributed by atoms with van der Waals surface area (Å²) in [6.07, 6.45) is -31.4. The second-order valence-electron chi connectivity index (χ2n) is 10.7. The van der Waals surface area contributed by atoms with E-state index in [2.05, 4.69) is 0 Å². The molecule has 0 saturated carbocycles. The van der Waals surface area contributed by atoms with Gasteiger partial charge in [-0.15, -0.1) is 0 Å². The summed E-state index contributed by atoms with van der Waals surface area (Å²) >= 11 is 0. The summed E-state index contributed by atoms with van der Waals surface area (Å²) < 4.78 is 38.4. The van der Waals surface area contributed by atoms with Gasteiger partial charge in [0.15, 0.2) is 25.2 Å². The van der Waals surface area contributed by atoms with Crippen LogP contribution in [0.1, 0.15) is 6.92 Å². The van der Waals surface area contributed by atoms with Crippen LogP contribution in [0.15, 0.2) is 0 Å². The summed E-state index contributed by atoms with van der Waals surface area (Å²) in [6.45, 7) is -0.494. The molecule has 0 aromatic carbocycles. The van der Waals surface area contributed by atoms with Crippen molar-refractivity contribution < 1.29 is 94.4 Å². The Kier molecular flexibility index (Phi) is 11.5. The minimum atomic E-state index is -1.87. The number of aliphatic hydroxyl groups is 12. The van der Waals surface area contributed by atoms with Crippen molar-refractivity contribution in [3.63, 3.8) is 0 Å². The molecule has 4 rings (SSSR count). The molecule has 4 saturated heterocycles. The number of hydrogen-bond donors (Lipinski definition) is 12. The Morgan fingerprint density at radius 3 is 1.83 bits per heavy atom. The molecular weight excluding hydrogens is 580 g/mol. The fourth-order valence-corrected chi connectivity index (χ4v) is 5.06. The van der Waals surface area contributed by atoms with Crippen LogP contribution in [0.4, 0.5) is 0 Å². The first-order valence-corrected chi connectivity index (χ1v) is 13.4. The Balaban J connectivity index is 1.51. The maximum Gasteiger partial charge on any atom is 0.187 e. The van der Waals surface area contributed by atoms with E-state index in [0.717, 1.165) is 0 Å². The molecule has 1 unspecified atom stereocenters. The fraction of sp³-hybridized carbons (Fsp3) is 1.00. The molecule has 0 bridgehead atoms. The van der Waals surface area contributed by atoms with Crippen LogP contribution in [0.2, 0.25) is 0 Å². The van der Waals surface area contributed by atoms with Gasteiger partial charge in [0.1, 0.15) is 85.5 Å². The smallest absolute Gasteiger partial charge is 0.187 e. The van der Waals surface area contributed by atoms with E-state index in [4.69, 9.17) is 33.2 Å². The van der Waals surface area contributed by atoms with Crippen LogP contribution in [0.5, 0.6) is 0 Å². The Hall–Kier alpha value is -0.760. The summed E-state index contributed by atoms with van der Waals surface area (Å²) in [4.78, 5) is 0. The third kappa shape index (κ3) is 6.89. The van der Waals surface area contributed by atoms with Crippen molar-refractivity contribution in [1.29, 1.82) is 0 Å². The first-order valence-electron chi connectivity index (χ1n) is 13.4. The molecule has 0 aromatic heterocycles. The van der Waals surface area contributed by atoms with Crippen LogP contribution in [0.25, 0.3) is 0 Å². The van der Waals surface area contributed by atoms with Crippen LogP contribution in [-0.4, -0.2) is 198 Å². The Labute approximate surface area is 238 Å². The first-order chi connectivity index (χ1) is 19.8. The van der Waals surface area contributed by atoms with E-state index in [0.29, 0.717) is 0 Å². The molecule has 12 N–H and O–H groups in total. The molecule has 4 heterocycles. The maximum absolute atomic E-state index is 10.8. The summed E-state index contributed by atoms with van der Waals surface area (Å²) in [7, 11) is 0. The SMILES string of the molecule is C[C@@H]1O[C@@H](O[C@H]2[C@H](O[C@H]3[C@@H](OC[C@H]4OC(O)[C@H](O)[C@@H](O)[C@@H]4O)OC[C@@H](O)[C@@H]3O)O[C@H](CO)[C@H](O)[C@@H]2O)[C@@H](O)[C@H](O)[C@@H]1O. The monoisotopic (exact) mass is 620 g/mol. The highest BCUT2D eigenvalue weighted by Crippen LogP contribution is 2.32. The van der Waals surface area contributed by atoms with Gasteiger partial charge in [-0.25, -0.2) is 0 Å². The number of rotatable bonds is 8. The molecule has 246 valence electrons. The van der Waals surface area contributed by atoms with Gasteiger partial charge in [-0.3, -0.25) is 0 Å². The van der Waals surface area contributed by atoms with Gasteiger partial charge < -0.3 is 94.4 Å². The molecule has 0 amide bonds. The molecular formula is C23H40O19. The zero-order chi connectivity index (χ0) is 31.0. The standard InChI is InChI=1S/C23H40O19/c1-5-9(26)13(30)17(34)21(38-5)41-19-15(32)11(28)7(2-24)40-23(19)42-18-10(27)6(25)3-36-22(18)37-4-8-12(29)14(31)16(33)20(35)39-8/h5-35H,2-4H2,1H3/t5-,6+,7+,8+,9+,10-,11-,12+,13+,14-,15-,16+,17-,18+,19+,20?,21-,22+,23-/m0/s1. The van der Waals surface area contributed by atoms with Gasteiger partial charge in [0.25, 0.3) is 0 Å². The number of hydrogen-bond acceptors (Lipinski definition) is 19. The van der Waals surface area contributed by atoms with Crippen LogP contribution < -0.4 is 0 Å². The van der Waals surface area contributed by atoms with Crippen molar-refractivity contribution in [1.82, 2.24) is 0 Å². The van der Waals surface area contributed by atoms with Gasteiger partial charge >= 0.3 is 0 Å². The molecule has 4 aliphatic heterocycles. The average molecular weight is 621 g/mol. The molecule has 19 nitrogen and oxygen atoms in total. The Morgan fingerprint density at radius 1 is 0.571 bits per heavy atom. The largest absolute Gasteiger partial charge is 0.394 e. The predicted octanol–water partition coefficient (Wildman–Crippen LogP) is -8.08. The average Bonchev–Trinajstić information content (AvgIpc) is 2.97. The molecule has 19 atom stereocenters. The highest BCUT2D eigenvalue weighted by Gasteiger charge is 2.53. The molecule has 0 spiro atoms. The minimum absolute atomic E-state index is 0.462. The molecule has 0 radical (unpaired) electrons. The lowest BCUT2D eigenvalue weighted by Gasteiger charge is -2.47. The van der Waals surface area contributed by atoms with Crippen molar-refractivity contribution in [2.24, 2.45) is 0 Å². The summed E-state index contributed by atoms with van der Waals surface area (Å²) in [5.74, 6) is 0. The highest BCUT2D eigenvalue weighted by atomic mass is 16.8. The maximum atomic E-state index is 10.8. The first kappa shape index (κ1) is 34.1. The van der Waals surface area contributed by atoms with E-state index >= 15 is 0 Å². The van der Waals surface area contributed by atoms with Crippen LogP contribution >= 0.6 is 0 Å². The molecule has 0 aliphatic carbocycles. The molecule has 4 fully saturated rings. The van der Waals surface area contributed by atoms with Crippen LogP contribution in [0, 0.1) is 0 Å². The Morgan fingerprint density at radius 2 is 1.17 bits per heavy atom. The number of ether oxygens (including phenoxy) is 7. The third-order valence-corrected chi connectivity index (χ3v) is 7.76. The Bertz CT molecular complexity index is 855. The predicted molar refractivity (Wildman–Crippen MR) is 126 cm³/mol. The third-order valence-electron chi connectivity index (χ3n) is 7.76. The van der Waals surface area contributed by atoms with E-state index in [-0.39, 0.29) is 0 Å². The zero-order valence-corrected chi connectivity index (χ0v) is 22.3. The molecule has 19 heteroatoms. The van der Waals surface area contributed by atoms with Gasteiger partial charge in [-0.1, -0.05) is 0 Å². The number of aliphatic hydroxyl groups excluding tert-OH is 12. The van der Waals surface area contributed by atoms with Crippen molar-refractivity contribution >= 4 is 0 Å². The van der Waals surface area contributed by atoms with E-state index in [1.807, 2.05) is 0 Å². The van der Waals surface area contributed by atoms with Gasteiger partial charge in [0.05, 0.1) is 25.9 Å². The van der Waals surface area contributed by atoms with E-state index in [1.54, 1.807) is 0 Å². The summed E-state index contributed by atoms with van der Waals surface area (Å²) in [5, 5.41) is 122. The second-order valence-corrected chi connectivity index (χ2v) is 10.7. The van der Waals surface area contributed by atoms with Gasteiger partial charge in [0.2, 0.25) is 0 Å². The lowest BCUT2D eigenvalue weighted by molar-refractivity contribution is -0.389. The summed E-state index contributed by atoms with van der Waals surface area (Å²) in [5.41, 5.74) is 0. The lowest BCUT2D eigenvalue weighted by Crippen LogP contribution is -2.66. The minimum Gasteiger partial charge on any atom is -0.394 e. The van der Waals surface area contributed by atoms with E-state index in [9.17, 15) is 61.3 Å². The van der Waals surface area contributed by atoms with Crippen molar-refractivity contribution in [2.45, 2.75) is 124 Å². The van der Waals surface area contributed by atoms with Crippen LogP contribution in [-0.2, 0) is 33.2 Å². The summed E-state index contributed by atoms with van der Waals surface area (Å²) in [6, 6.07) is 0. The molecule has 0 aromatic rings. The van der Waals surface area contributed by atoms with E-state index in [1.165, 1.54) is 6.92 Å². The topological polar surface area (TPSA) is 307 Å².